The molecule has 0 unspecified atom stereocenters. The van der Waals surface area contributed by atoms with Crippen LogP contribution in [-0.2, 0) is 13.5 Å². The van der Waals surface area contributed by atoms with Crippen LogP contribution in [0.2, 0.25) is 0 Å². The quantitative estimate of drug-likeness (QED) is 0.764. The Hall–Kier alpha value is -1.84. The van der Waals surface area contributed by atoms with Crippen LogP contribution in [0.25, 0.3) is 0 Å². The lowest BCUT2D eigenvalue weighted by atomic mass is 10.2. The number of imidazole rings is 1. The molecule has 2 aromatic heterocycles. The minimum atomic E-state index is 0.579. The number of pyridine rings is 1. The highest BCUT2D eigenvalue weighted by atomic mass is 15.0. The fourth-order valence-electron chi connectivity index (χ4n) is 1.34. The Morgan fingerprint density at radius 1 is 1.36 bits per heavy atom. The summed E-state index contributed by atoms with van der Waals surface area (Å²) in [5.41, 5.74) is 6.75. The highest BCUT2D eigenvalue weighted by Gasteiger charge is 2.04. The van der Waals surface area contributed by atoms with Crippen LogP contribution < -0.4 is 5.73 Å². The van der Waals surface area contributed by atoms with Gasteiger partial charge >= 0.3 is 0 Å². The van der Waals surface area contributed by atoms with Gasteiger partial charge in [0.15, 0.2) is 0 Å². The number of rotatable bonds is 2. The molecule has 0 aliphatic carbocycles. The molecule has 0 saturated carbocycles. The Morgan fingerprint density at radius 2 is 2.21 bits per heavy atom. The van der Waals surface area contributed by atoms with Crippen LogP contribution in [0, 0.1) is 0 Å². The highest BCUT2D eigenvalue weighted by Crippen LogP contribution is 2.11. The van der Waals surface area contributed by atoms with Gasteiger partial charge in [0, 0.05) is 37.6 Å². The van der Waals surface area contributed by atoms with Gasteiger partial charge in [0.1, 0.15) is 11.6 Å². The zero-order valence-corrected chi connectivity index (χ0v) is 8.01. The van der Waals surface area contributed by atoms with Crippen molar-refractivity contribution in [2.24, 2.45) is 7.05 Å². The number of aromatic nitrogens is 3. The van der Waals surface area contributed by atoms with Crippen molar-refractivity contribution in [1.29, 1.82) is 0 Å². The van der Waals surface area contributed by atoms with Crippen molar-refractivity contribution < 1.29 is 0 Å². The Kier molecular flexibility index (Phi) is 2.18. The smallest absolute Gasteiger partial charge is 0.126 e. The molecule has 0 radical (unpaired) electrons. The maximum Gasteiger partial charge on any atom is 0.126 e. The molecule has 0 fully saturated rings. The minimum absolute atomic E-state index is 0.579. The van der Waals surface area contributed by atoms with Gasteiger partial charge in [-0.1, -0.05) is 6.07 Å². The third-order valence-corrected chi connectivity index (χ3v) is 2.20. The number of hydrogen-bond donors (Lipinski definition) is 1. The van der Waals surface area contributed by atoms with E-state index >= 15 is 0 Å². The van der Waals surface area contributed by atoms with Crippen molar-refractivity contribution in [3.63, 3.8) is 0 Å². The van der Waals surface area contributed by atoms with Crippen LogP contribution in [0.3, 0.4) is 0 Å². The lowest BCUT2D eigenvalue weighted by molar-refractivity contribution is 0.821. The fraction of sp³-hybridized carbons (Fsp3) is 0.200. The molecule has 14 heavy (non-hydrogen) atoms. The van der Waals surface area contributed by atoms with Gasteiger partial charge < -0.3 is 10.3 Å². The largest absolute Gasteiger partial charge is 0.383 e. The van der Waals surface area contributed by atoms with Gasteiger partial charge in [-0.15, -0.1) is 0 Å². The van der Waals surface area contributed by atoms with Crippen molar-refractivity contribution in [2.75, 3.05) is 5.73 Å². The molecule has 0 aliphatic heterocycles. The van der Waals surface area contributed by atoms with E-state index < -0.39 is 0 Å². The molecule has 2 heterocycles. The summed E-state index contributed by atoms with van der Waals surface area (Å²) >= 11 is 0. The molecule has 4 nitrogen and oxygen atoms in total. The van der Waals surface area contributed by atoms with Gasteiger partial charge in [0.25, 0.3) is 0 Å². The molecule has 2 N–H and O–H groups in total. The van der Waals surface area contributed by atoms with Crippen molar-refractivity contribution in [3.8, 4) is 0 Å². The minimum Gasteiger partial charge on any atom is -0.383 e. The van der Waals surface area contributed by atoms with E-state index in [1.54, 1.807) is 12.4 Å². The van der Waals surface area contributed by atoms with Gasteiger partial charge in [-0.2, -0.15) is 0 Å². The standard InChI is InChI=1S/C10H12N4/c1-14-6-5-12-9(14)7-8-3-2-4-13-10(8)11/h2-6H,7H2,1H3,(H2,11,13). The Balaban J connectivity index is 2.28. The van der Waals surface area contributed by atoms with E-state index in [1.807, 2.05) is 29.9 Å². The molecule has 0 saturated heterocycles. The lowest BCUT2D eigenvalue weighted by Crippen LogP contribution is -2.02. The predicted octanol–water partition coefficient (Wildman–Crippen LogP) is 0.988. The number of anilines is 1. The normalized spacial score (nSPS) is 10.4. The van der Waals surface area contributed by atoms with Crippen molar-refractivity contribution in [2.45, 2.75) is 6.42 Å². The summed E-state index contributed by atoms with van der Waals surface area (Å²) in [4.78, 5) is 8.26. The van der Waals surface area contributed by atoms with Crippen molar-refractivity contribution in [1.82, 2.24) is 14.5 Å². The van der Waals surface area contributed by atoms with E-state index in [0.717, 1.165) is 17.8 Å². The summed E-state index contributed by atoms with van der Waals surface area (Å²) in [7, 11) is 1.97. The predicted molar refractivity (Wildman–Crippen MR) is 54.7 cm³/mol. The number of aryl methyl sites for hydroxylation is 1. The molecule has 4 heteroatoms. The van der Waals surface area contributed by atoms with E-state index in [4.69, 9.17) is 5.73 Å². The average molecular weight is 188 g/mol. The molecule has 0 amide bonds. The first-order valence-corrected chi connectivity index (χ1v) is 4.43. The molecule has 0 atom stereocenters. The molecule has 0 aromatic carbocycles. The summed E-state index contributed by atoms with van der Waals surface area (Å²) in [5, 5.41) is 0. The first kappa shape index (κ1) is 8.74. The summed E-state index contributed by atoms with van der Waals surface area (Å²) in [6.45, 7) is 0. The Morgan fingerprint density at radius 3 is 2.86 bits per heavy atom. The highest BCUT2D eigenvalue weighted by molar-refractivity contribution is 5.40. The molecule has 72 valence electrons. The monoisotopic (exact) mass is 188 g/mol. The van der Waals surface area contributed by atoms with Crippen molar-refractivity contribution in [3.05, 3.63) is 42.1 Å². The summed E-state index contributed by atoms with van der Waals surface area (Å²) in [6.07, 6.45) is 6.12. The number of hydrogen-bond acceptors (Lipinski definition) is 3. The van der Waals surface area contributed by atoms with Gasteiger partial charge in [0.2, 0.25) is 0 Å². The van der Waals surface area contributed by atoms with Crippen LogP contribution in [0.4, 0.5) is 5.82 Å². The van der Waals surface area contributed by atoms with Gasteiger partial charge in [0.05, 0.1) is 0 Å². The second-order valence-corrected chi connectivity index (χ2v) is 3.18. The molecule has 2 rings (SSSR count). The van der Waals surface area contributed by atoms with Crippen LogP contribution in [0.1, 0.15) is 11.4 Å². The topological polar surface area (TPSA) is 56.7 Å². The maximum absolute atomic E-state index is 5.74. The van der Waals surface area contributed by atoms with Crippen LogP contribution in [-0.4, -0.2) is 14.5 Å². The zero-order chi connectivity index (χ0) is 9.97. The van der Waals surface area contributed by atoms with E-state index in [9.17, 15) is 0 Å². The maximum atomic E-state index is 5.74. The Bertz CT molecular complexity index is 433. The van der Waals surface area contributed by atoms with Gasteiger partial charge in [-0.3, -0.25) is 0 Å². The van der Waals surface area contributed by atoms with E-state index in [0.29, 0.717) is 5.82 Å². The summed E-state index contributed by atoms with van der Waals surface area (Å²) in [6, 6.07) is 3.85. The fourth-order valence-corrected chi connectivity index (χ4v) is 1.34. The number of nitrogens with two attached hydrogens (primary N) is 1. The average Bonchev–Trinajstić information content (AvgIpc) is 2.56. The zero-order valence-electron chi connectivity index (χ0n) is 8.01. The third kappa shape index (κ3) is 1.59. The molecule has 0 spiro atoms. The van der Waals surface area contributed by atoms with E-state index in [2.05, 4.69) is 9.97 Å². The first-order chi connectivity index (χ1) is 6.77. The van der Waals surface area contributed by atoms with Crippen LogP contribution in [0.5, 0.6) is 0 Å². The van der Waals surface area contributed by atoms with Crippen molar-refractivity contribution >= 4 is 5.82 Å². The molecular weight excluding hydrogens is 176 g/mol. The number of nitrogens with zero attached hydrogens (tertiary/aromatic N) is 3. The second kappa shape index (κ2) is 3.49. The molecule has 0 bridgehead atoms. The molecule has 0 aliphatic rings. The van der Waals surface area contributed by atoms with Crippen LogP contribution in [0.15, 0.2) is 30.7 Å². The molecular formula is C10H12N4. The van der Waals surface area contributed by atoms with Crippen LogP contribution >= 0.6 is 0 Å². The van der Waals surface area contributed by atoms with E-state index in [1.165, 1.54) is 0 Å². The Labute approximate surface area is 82.4 Å². The summed E-state index contributed by atoms with van der Waals surface area (Å²) < 4.78 is 1.98. The molecule has 2 aromatic rings. The lowest BCUT2D eigenvalue weighted by Gasteiger charge is -2.03. The number of nitrogen functional groups attached to an aromatic ring is 1. The van der Waals surface area contributed by atoms with E-state index in [-0.39, 0.29) is 0 Å². The third-order valence-electron chi connectivity index (χ3n) is 2.20. The van der Waals surface area contributed by atoms with Gasteiger partial charge in [-0.05, 0) is 6.07 Å². The van der Waals surface area contributed by atoms with Gasteiger partial charge in [-0.25, -0.2) is 9.97 Å². The summed E-state index contributed by atoms with van der Waals surface area (Å²) in [5.74, 6) is 1.57. The SMILES string of the molecule is Cn1ccnc1Cc1cccnc1N. The first-order valence-electron chi connectivity index (χ1n) is 4.43. The second-order valence-electron chi connectivity index (χ2n) is 3.18.